The van der Waals surface area contributed by atoms with Crippen molar-refractivity contribution in [1.82, 2.24) is 4.98 Å². The number of pyridine rings is 1. The highest BCUT2D eigenvalue weighted by Gasteiger charge is 1.98. The van der Waals surface area contributed by atoms with E-state index in [0.717, 1.165) is 10.9 Å². The first-order chi connectivity index (χ1) is 8.77. The average Bonchev–Trinajstić information content (AvgIpc) is 2.97. The summed E-state index contributed by atoms with van der Waals surface area (Å²) in [7, 11) is 0. The Morgan fingerprint density at radius 1 is 1.00 bits per heavy atom. The topological polar surface area (TPSA) is 38.9 Å². The van der Waals surface area contributed by atoms with Crippen molar-refractivity contribution in [2.45, 2.75) is 0 Å². The molecule has 0 aliphatic rings. The number of rotatable bonds is 1. The minimum absolute atomic E-state index is 0.339. The lowest BCUT2D eigenvalue weighted by Crippen LogP contribution is -2.11. The fourth-order valence-electron chi connectivity index (χ4n) is 1.43. The quantitative estimate of drug-likeness (QED) is 0.688. The lowest BCUT2D eigenvalue weighted by Gasteiger charge is -1.99. The van der Waals surface area contributed by atoms with Gasteiger partial charge in [0.25, 0.3) is 0 Å². The van der Waals surface area contributed by atoms with Gasteiger partial charge in [-0.3, -0.25) is 0 Å². The Balaban J connectivity index is 0.000000202. The van der Waals surface area contributed by atoms with Crippen molar-refractivity contribution < 1.29 is 0 Å². The van der Waals surface area contributed by atoms with Gasteiger partial charge in [0, 0.05) is 5.39 Å². The number of hydrogen-bond donors (Lipinski definition) is 1. The minimum atomic E-state index is 0.339. The molecule has 0 atom stereocenters. The van der Waals surface area contributed by atoms with E-state index in [9.17, 15) is 0 Å². The predicted octanol–water partition coefficient (Wildman–Crippen LogP) is 3.62. The van der Waals surface area contributed by atoms with Gasteiger partial charge in [-0.15, -0.1) is 0 Å². The molecule has 0 fully saturated rings. The third kappa shape index (κ3) is 3.35. The van der Waals surface area contributed by atoms with E-state index in [2.05, 4.69) is 4.98 Å². The van der Waals surface area contributed by atoms with Crippen LogP contribution < -0.4 is 5.73 Å². The lowest BCUT2D eigenvalue weighted by molar-refractivity contribution is 1.36. The number of para-hydroxylation sites is 1. The first-order valence-electron chi connectivity index (χ1n) is 5.40. The summed E-state index contributed by atoms with van der Waals surface area (Å²) < 4.78 is 0. The van der Waals surface area contributed by atoms with E-state index < -0.39 is 0 Å². The molecule has 1 aromatic carbocycles. The van der Waals surface area contributed by atoms with Crippen LogP contribution in [0.25, 0.3) is 10.9 Å². The summed E-state index contributed by atoms with van der Waals surface area (Å²) in [5.41, 5.74) is 7.07. The highest BCUT2D eigenvalue weighted by molar-refractivity contribution is 7.80. The largest absolute Gasteiger partial charge is 0.388 e. The number of benzene rings is 1. The summed E-state index contributed by atoms with van der Waals surface area (Å²) in [5, 5.41) is 5.18. The number of hydrogen-bond acceptors (Lipinski definition) is 3. The van der Waals surface area contributed by atoms with E-state index in [1.807, 2.05) is 59.3 Å². The minimum Gasteiger partial charge on any atom is -0.388 e. The summed E-state index contributed by atoms with van der Waals surface area (Å²) in [6, 6.07) is 15.7. The normalized spacial score (nSPS) is 9.56. The number of aromatic nitrogens is 1. The Kier molecular flexibility index (Phi) is 4.39. The van der Waals surface area contributed by atoms with Gasteiger partial charge in [-0.05, 0) is 22.9 Å². The van der Waals surface area contributed by atoms with Crippen LogP contribution in [0.4, 0.5) is 0 Å². The monoisotopic (exact) mass is 272 g/mol. The van der Waals surface area contributed by atoms with Crippen LogP contribution >= 0.6 is 23.6 Å². The number of thiocarbonyl (C=S) groups is 1. The molecule has 0 unspecified atom stereocenters. The summed E-state index contributed by atoms with van der Waals surface area (Å²) in [6.45, 7) is 0. The SMILES string of the molecule is NC(=S)c1ccc2ccccc2n1.c1ccsc1. The third-order valence-electron chi connectivity index (χ3n) is 2.28. The molecule has 3 aromatic rings. The molecule has 2 nitrogen and oxygen atoms in total. The van der Waals surface area contributed by atoms with Gasteiger partial charge in [-0.1, -0.05) is 48.6 Å². The summed E-state index contributed by atoms with van der Waals surface area (Å²) in [6.07, 6.45) is 0. The molecule has 0 saturated heterocycles. The zero-order valence-corrected chi connectivity index (χ0v) is 11.2. The fourth-order valence-corrected chi connectivity index (χ4v) is 2.00. The van der Waals surface area contributed by atoms with Crippen molar-refractivity contribution in [3.05, 3.63) is 65.0 Å². The van der Waals surface area contributed by atoms with Crippen LogP contribution in [0.5, 0.6) is 0 Å². The Bertz CT molecular complexity index is 616. The molecule has 0 aliphatic carbocycles. The molecule has 90 valence electrons. The van der Waals surface area contributed by atoms with Crippen LogP contribution in [-0.4, -0.2) is 9.97 Å². The van der Waals surface area contributed by atoms with Gasteiger partial charge in [0.15, 0.2) is 0 Å². The summed E-state index contributed by atoms with van der Waals surface area (Å²) in [4.78, 5) is 4.65. The number of thiophene rings is 1. The lowest BCUT2D eigenvalue weighted by atomic mass is 10.2. The van der Waals surface area contributed by atoms with E-state index in [-0.39, 0.29) is 0 Å². The molecule has 0 bridgehead atoms. The van der Waals surface area contributed by atoms with E-state index in [1.54, 1.807) is 11.3 Å². The van der Waals surface area contributed by atoms with Gasteiger partial charge in [-0.25, -0.2) is 4.98 Å². The zero-order valence-electron chi connectivity index (χ0n) is 9.61. The maximum Gasteiger partial charge on any atom is 0.122 e. The summed E-state index contributed by atoms with van der Waals surface area (Å²) >= 11 is 6.55. The van der Waals surface area contributed by atoms with Gasteiger partial charge in [0.05, 0.1) is 11.2 Å². The molecule has 3 rings (SSSR count). The van der Waals surface area contributed by atoms with E-state index >= 15 is 0 Å². The van der Waals surface area contributed by atoms with E-state index in [4.69, 9.17) is 18.0 Å². The van der Waals surface area contributed by atoms with Crippen molar-refractivity contribution >= 4 is 39.4 Å². The highest BCUT2D eigenvalue weighted by atomic mass is 32.1. The van der Waals surface area contributed by atoms with Crippen molar-refractivity contribution in [2.24, 2.45) is 5.73 Å². The molecular weight excluding hydrogens is 260 g/mol. The van der Waals surface area contributed by atoms with Crippen molar-refractivity contribution in [2.75, 3.05) is 0 Å². The second kappa shape index (κ2) is 6.23. The molecule has 2 heterocycles. The number of nitrogens with two attached hydrogens (primary N) is 1. The summed E-state index contributed by atoms with van der Waals surface area (Å²) in [5.74, 6) is 0. The number of nitrogens with zero attached hydrogens (tertiary/aromatic N) is 1. The van der Waals surface area contributed by atoms with Crippen LogP contribution in [0, 0.1) is 0 Å². The van der Waals surface area contributed by atoms with Crippen LogP contribution in [0.3, 0.4) is 0 Å². The average molecular weight is 272 g/mol. The molecule has 0 aliphatic heterocycles. The van der Waals surface area contributed by atoms with Gasteiger partial charge in [-0.2, -0.15) is 11.3 Å². The van der Waals surface area contributed by atoms with Gasteiger partial charge in [0.2, 0.25) is 0 Å². The second-order valence-electron chi connectivity index (χ2n) is 3.55. The maximum absolute atomic E-state index is 5.47. The molecule has 2 aromatic heterocycles. The molecule has 0 spiro atoms. The molecule has 2 N–H and O–H groups in total. The van der Waals surface area contributed by atoms with Crippen molar-refractivity contribution in [1.29, 1.82) is 0 Å². The van der Waals surface area contributed by atoms with Crippen LogP contribution in [0.15, 0.2) is 59.3 Å². The molecule has 0 saturated carbocycles. The highest BCUT2D eigenvalue weighted by Crippen LogP contribution is 2.11. The number of fused-ring (bicyclic) bond motifs is 1. The van der Waals surface area contributed by atoms with E-state index in [1.165, 1.54) is 0 Å². The second-order valence-corrected chi connectivity index (χ2v) is 4.80. The zero-order chi connectivity index (χ0) is 12.8. The molecule has 0 radical (unpaired) electrons. The first-order valence-corrected chi connectivity index (χ1v) is 6.75. The Labute approximate surface area is 115 Å². The Morgan fingerprint density at radius 3 is 2.33 bits per heavy atom. The van der Waals surface area contributed by atoms with E-state index in [0.29, 0.717) is 10.7 Å². The molecule has 4 heteroatoms. The Hall–Kier alpha value is -1.78. The van der Waals surface area contributed by atoms with Crippen LogP contribution in [0.2, 0.25) is 0 Å². The van der Waals surface area contributed by atoms with Crippen LogP contribution in [-0.2, 0) is 0 Å². The van der Waals surface area contributed by atoms with Crippen molar-refractivity contribution in [3.8, 4) is 0 Å². The third-order valence-corrected chi connectivity index (χ3v) is 3.11. The van der Waals surface area contributed by atoms with Crippen molar-refractivity contribution in [3.63, 3.8) is 0 Å². The van der Waals surface area contributed by atoms with Crippen LogP contribution in [0.1, 0.15) is 5.69 Å². The molecule has 18 heavy (non-hydrogen) atoms. The van der Waals surface area contributed by atoms with Gasteiger partial charge in [0.1, 0.15) is 4.99 Å². The molecular formula is C14H12N2S2. The fraction of sp³-hybridized carbons (Fsp3) is 0. The standard InChI is InChI=1S/C10H8N2S.C4H4S/c11-10(13)9-6-5-7-3-1-2-4-8(7)12-9;1-2-4-5-3-1/h1-6H,(H2,11,13);1-4H. The maximum atomic E-state index is 5.47. The predicted molar refractivity (Wildman–Crippen MR) is 81.9 cm³/mol. The first kappa shape index (κ1) is 12.7. The smallest absolute Gasteiger partial charge is 0.122 e. The van der Waals surface area contributed by atoms with Gasteiger partial charge >= 0.3 is 0 Å². The molecule has 0 amide bonds. The Morgan fingerprint density at radius 2 is 1.72 bits per heavy atom. The van der Waals surface area contributed by atoms with Gasteiger partial charge < -0.3 is 5.73 Å².